The van der Waals surface area contributed by atoms with Gasteiger partial charge in [0.05, 0.1) is 13.2 Å². The normalized spacial score (nSPS) is 20.5. The van der Waals surface area contributed by atoms with Crippen LogP contribution in [-0.2, 0) is 9.53 Å². The minimum absolute atomic E-state index is 0.187. The number of morpholine rings is 1. The fraction of sp³-hybridized carbons (Fsp3) is 0.900. The Hall–Kier alpha value is -0.650. The maximum atomic E-state index is 11.0. The number of nitrogens with zero attached hydrogens (tertiary/aromatic N) is 1. The van der Waals surface area contributed by atoms with Crippen LogP contribution >= 0.6 is 0 Å². The molecular weight excluding hydrogens is 196 g/mol. The Morgan fingerprint density at radius 3 is 2.53 bits per heavy atom. The van der Waals surface area contributed by atoms with E-state index in [9.17, 15) is 4.79 Å². The van der Waals surface area contributed by atoms with Gasteiger partial charge >= 0.3 is 5.97 Å². The van der Waals surface area contributed by atoms with Gasteiger partial charge < -0.3 is 15.2 Å². The van der Waals surface area contributed by atoms with E-state index in [0.717, 1.165) is 13.1 Å². The van der Waals surface area contributed by atoms with E-state index in [1.165, 1.54) is 0 Å². The Bertz CT molecular complexity index is 203. The van der Waals surface area contributed by atoms with E-state index < -0.39 is 12.0 Å². The van der Waals surface area contributed by atoms with Crippen LogP contribution in [0.4, 0.5) is 0 Å². The number of carboxylic acids is 1. The third-order valence-corrected chi connectivity index (χ3v) is 2.38. The molecule has 1 fully saturated rings. The second-order valence-corrected chi connectivity index (χ2v) is 4.13. The van der Waals surface area contributed by atoms with Crippen molar-refractivity contribution >= 4 is 5.97 Å². The fourth-order valence-electron chi connectivity index (χ4n) is 1.65. The monoisotopic (exact) mass is 216 g/mol. The molecule has 1 unspecified atom stereocenters. The Balaban J connectivity index is 2.38. The number of rotatable bonds is 5. The van der Waals surface area contributed by atoms with Gasteiger partial charge in [-0.15, -0.1) is 0 Å². The highest BCUT2D eigenvalue weighted by Crippen LogP contribution is 1.99. The standard InChI is InChI=1S/C10H20N2O3/c1-8(2)11-9(10(13)14)7-12-3-5-15-6-4-12/h8-9,11H,3-7H2,1-2H3,(H,13,14). The largest absolute Gasteiger partial charge is 0.480 e. The summed E-state index contributed by atoms with van der Waals surface area (Å²) in [6.45, 7) is 7.51. The summed E-state index contributed by atoms with van der Waals surface area (Å²) in [5, 5.41) is 12.1. The molecule has 1 rings (SSSR count). The molecule has 5 heteroatoms. The molecule has 88 valence electrons. The highest BCUT2D eigenvalue weighted by atomic mass is 16.5. The predicted molar refractivity (Wildman–Crippen MR) is 57.0 cm³/mol. The van der Waals surface area contributed by atoms with Crippen LogP contribution in [0.25, 0.3) is 0 Å². The molecule has 1 atom stereocenters. The third kappa shape index (κ3) is 4.59. The maximum Gasteiger partial charge on any atom is 0.322 e. The van der Waals surface area contributed by atoms with Crippen molar-refractivity contribution < 1.29 is 14.6 Å². The molecule has 1 saturated heterocycles. The Kier molecular flexibility index (Phi) is 5.01. The van der Waals surface area contributed by atoms with Crippen molar-refractivity contribution in [2.24, 2.45) is 0 Å². The molecule has 0 aliphatic carbocycles. The number of aliphatic carboxylic acids is 1. The summed E-state index contributed by atoms with van der Waals surface area (Å²) in [6, 6.07) is -0.296. The average molecular weight is 216 g/mol. The summed E-state index contributed by atoms with van der Waals surface area (Å²) < 4.78 is 5.21. The van der Waals surface area contributed by atoms with Crippen LogP contribution in [0.1, 0.15) is 13.8 Å². The van der Waals surface area contributed by atoms with Gasteiger partial charge in [-0.2, -0.15) is 0 Å². The van der Waals surface area contributed by atoms with Gasteiger partial charge in [0.15, 0.2) is 0 Å². The van der Waals surface area contributed by atoms with Crippen LogP contribution in [-0.4, -0.2) is 60.9 Å². The Morgan fingerprint density at radius 2 is 2.07 bits per heavy atom. The van der Waals surface area contributed by atoms with E-state index in [1.54, 1.807) is 0 Å². The first-order valence-corrected chi connectivity index (χ1v) is 5.38. The number of carboxylic acid groups (broad SMARTS) is 1. The molecule has 1 aliphatic rings. The number of nitrogens with one attached hydrogen (secondary N) is 1. The molecule has 0 saturated carbocycles. The van der Waals surface area contributed by atoms with Gasteiger partial charge in [0, 0.05) is 25.7 Å². The van der Waals surface area contributed by atoms with Crippen molar-refractivity contribution in [3.05, 3.63) is 0 Å². The molecule has 0 aromatic rings. The zero-order valence-corrected chi connectivity index (χ0v) is 9.40. The van der Waals surface area contributed by atoms with Crippen LogP contribution < -0.4 is 5.32 Å². The van der Waals surface area contributed by atoms with E-state index >= 15 is 0 Å². The average Bonchev–Trinajstić information content (AvgIpc) is 2.17. The molecular formula is C10H20N2O3. The van der Waals surface area contributed by atoms with Crippen molar-refractivity contribution in [2.75, 3.05) is 32.8 Å². The lowest BCUT2D eigenvalue weighted by molar-refractivity contribution is -0.140. The lowest BCUT2D eigenvalue weighted by Crippen LogP contribution is -2.51. The minimum atomic E-state index is -0.782. The Labute approximate surface area is 90.4 Å². The molecule has 1 aliphatic heterocycles. The molecule has 2 N–H and O–H groups in total. The van der Waals surface area contributed by atoms with Gasteiger partial charge in [-0.3, -0.25) is 9.69 Å². The number of hydrogen-bond acceptors (Lipinski definition) is 4. The molecule has 1 heterocycles. The number of hydrogen-bond donors (Lipinski definition) is 2. The summed E-state index contributed by atoms with van der Waals surface area (Å²) in [7, 11) is 0. The van der Waals surface area contributed by atoms with Crippen molar-refractivity contribution in [3.8, 4) is 0 Å². The highest BCUT2D eigenvalue weighted by molar-refractivity contribution is 5.73. The van der Waals surface area contributed by atoms with Gasteiger partial charge in [-0.25, -0.2) is 0 Å². The van der Waals surface area contributed by atoms with Gasteiger partial charge in [0.25, 0.3) is 0 Å². The van der Waals surface area contributed by atoms with E-state index in [2.05, 4.69) is 10.2 Å². The smallest absolute Gasteiger partial charge is 0.322 e. The Morgan fingerprint density at radius 1 is 1.47 bits per heavy atom. The lowest BCUT2D eigenvalue weighted by atomic mass is 10.2. The van der Waals surface area contributed by atoms with E-state index in [1.807, 2.05) is 13.8 Å². The summed E-state index contributed by atoms with van der Waals surface area (Å²) in [5.74, 6) is -0.782. The quantitative estimate of drug-likeness (QED) is 0.664. The first kappa shape index (κ1) is 12.4. The van der Waals surface area contributed by atoms with E-state index in [4.69, 9.17) is 9.84 Å². The first-order chi connectivity index (χ1) is 7.09. The topological polar surface area (TPSA) is 61.8 Å². The van der Waals surface area contributed by atoms with Gasteiger partial charge in [0.1, 0.15) is 6.04 Å². The fourth-order valence-corrected chi connectivity index (χ4v) is 1.65. The molecule has 5 nitrogen and oxygen atoms in total. The van der Waals surface area contributed by atoms with Crippen LogP contribution in [0.2, 0.25) is 0 Å². The van der Waals surface area contributed by atoms with Crippen molar-refractivity contribution in [1.82, 2.24) is 10.2 Å². The van der Waals surface area contributed by atoms with E-state index in [0.29, 0.717) is 19.8 Å². The van der Waals surface area contributed by atoms with Gasteiger partial charge in [-0.05, 0) is 0 Å². The van der Waals surface area contributed by atoms with Gasteiger partial charge in [0.2, 0.25) is 0 Å². The lowest BCUT2D eigenvalue weighted by Gasteiger charge is -2.29. The molecule has 0 aromatic carbocycles. The van der Waals surface area contributed by atoms with Crippen LogP contribution in [0.5, 0.6) is 0 Å². The number of carbonyl (C=O) groups is 1. The van der Waals surface area contributed by atoms with Crippen LogP contribution in [0.3, 0.4) is 0 Å². The molecule has 0 amide bonds. The third-order valence-electron chi connectivity index (χ3n) is 2.38. The second-order valence-electron chi connectivity index (χ2n) is 4.13. The zero-order chi connectivity index (χ0) is 11.3. The zero-order valence-electron chi connectivity index (χ0n) is 9.40. The van der Waals surface area contributed by atoms with Crippen molar-refractivity contribution in [3.63, 3.8) is 0 Å². The maximum absolute atomic E-state index is 11.0. The van der Waals surface area contributed by atoms with Crippen LogP contribution in [0.15, 0.2) is 0 Å². The molecule has 15 heavy (non-hydrogen) atoms. The molecule has 0 bridgehead atoms. The minimum Gasteiger partial charge on any atom is -0.480 e. The van der Waals surface area contributed by atoms with Crippen molar-refractivity contribution in [2.45, 2.75) is 25.9 Å². The predicted octanol–water partition coefficient (Wildman–Crippen LogP) is -0.230. The van der Waals surface area contributed by atoms with Crippen LogP contribution in [0, 0.1) is 0 Å². The summed E-state index contributed by atoms with van der Waals surface area (Å²) in [4.78, 5) is 13.1. The number of ether oxygens (including phenoxy) is 1. The molecule has 0 aromatic heterocycles. The second kappa shape index (κ2) is 6.05. The molecule has 0 spiro atoms. The van der Waals surface area contributed by atoms with E-state index in [-0.39, 0.29) is 6.04 Å². The SMILES string of the molecule is CC(C)NC(CN1CCOCC1)C(=O)O. The summed E-state index contributed by atoms with van der Waals surface area (Å²) in [6.07, 6.45) is 0. The first-order valence-electron chi connectivity index (χ1n) is 5.38. The molecule has 0 radical (unpaired) electrons. The summed E-state index contributed by atoms with van der Waals surface area (Å²) in [5.41, 5.74) is 0. The summed E-state index contributed by atoms with van der Waals surface area (Å²) >= 11 is 0. The van der Waals surface area contributed by atoms with Gasteiger partial charge in [-0.1, -0.05) is 13.8 Å². The highest BCUT2D eigenvalue weighted by Gasteiger charge is 2.22. The van der Waals surface area contributed by atoms with Crippen molar-refractivity contribution in [1.29, 1.82) is 0 Å².